The van der Waals surface area contributed by atoms with Gasteiger partial charge in [0.1, 0.15) is 4.32 Å². The number of carbonyl (C=O) groups excluding carboxylic acids is 1. The number of thioether (sulfide) groups is 1. The number of amides is 1. The van der Waals surface area contributed by atoms with E-state index in [1.54, 1.807) is 27.6 Å². The highest BCUT2D eigenvalue weighted by molar-refractivity contribution is 8.26. The number of thiophene rings is 2. The minimum atomic E-state index is 0.0218. The van der Waals surface area contributed by atoms with Gasteiger partial charge in [0.25, 0.3) is 5.91 Å². The normalized spacial score (nSPS) is 17.4. The van der Waals surface area contributed by atoms with Crippen LogP contribution in [0.1, 0.15) is 11.8 Å². The smallest absolute Gasteiger partial charge is 0.266 e. The van der Waals surface area contributed by atoms with Crippen molar-refractivity contribution >= 4 is 63.0 Å². The van der Waals surface area contributed by atoms with Gasteiger partial charge in [-0.05, 0) is 36.6 Å². The van der Waals surface area contributed by atoms with E-state index < -0.39 is 0 Å². The van der Waals surface area contributed by atoms with Crippen LogP contribution in [-0.4, -0.2) is 21.7 Å². The van der Waals surface area contributed by atoms with Crippen LogP contribution in [0, 0.1) is 0 Å². The molecular weight excluding hydrogens is 326 g/mol. The van der Waals surface area contributed by atoms with Gasteiger partial charge in [0.2, 0.25) is 0 Å². The van der Waals surface area contributed by atoms with Crippen molar-refractivity contribution in [3.8, 4) is 9.75 Å². The largest absolute Gasteiger partial charge is 0.293 e. The molecular formula is C14H11NOS4. The fourth-order valence-corrected chi connectivity index (χ4v) is 5.12. The molecule has 6 heteroatoms. The van der Waals surface area contributed by atoms with Crippen LogP contribution < -0.4 is 0 Å². The lowest BCUT2D eigenvalue weighted by atomic mass is 10.3. The van der Waals surface area contributed by atoms with Crippen LogP contribution >= 0.6 is 46.7 Å². The monoisotopic (exact) mass is 337 g/mol. The van der Waals surface area contributed by atoms with Crippen molar-refractivity contribution in [1.82, 2.24) is 4.90 Å². The minimum absolute atomic E-state index is 0.0218. The van der Waals surface area contributed by atoms with Crippen molar-refractivity contribution < 1.29 is 4.79 Å². The standard InChI is InChI=1S/C14H11NOS4/c1-2-15-13(16)12(20-14(15)17)8-9-5-6-11(19-9)10-4-3-7-18-10/h3-8H,2H2,1H3/b12-8-. The summed E-state index contributed by atoms with van der Waals surface area (Å²) in [5, 5.41) is 2.07. The van der Waals surface area contributed by atoms with Gasteiger partial charge in [-0.1, -0.05) is 30.0 Å². The fraction of sp³-hybridized carbons (Fsp3) is 0.143. The molecule has 0 radical (unpaired) electrons. The maximum atomic E-state index is 12.1. The van der Waals surface area contributed by atoms with E-state index in [4.69, 9.17) is 12.2 Å². The second-order valence-corrected chi connectivity index (χ2v) is 7.84. The maximum absolute atomic E-state index is 12.1. The summed E-state index contributed by atoms with van der Waals surface area (Å²) in [4.78, 5) is 18.1. The molecule has 1 aliphatic heterocycles. The van der Waals surface area contributed by atoms with Crippen molar-refractivity contribution in [3.63, 3.8) is 0 Å². The number of rotatable bonds is 3. The molecule has 0 aliphatic carbocycles. The third-order valence-corrected chi connectivity index (χ3v) is 6.33. The molecule has 102 valence electrons. The fourth-order valence-electron chi connectivity index (χ4n) is 1.88. The Bertz CT molecular complexity index is 684. The molecule has 0 bridgehead atoms. The van der Waals surface area contributed by atoms with Gasteiger partial charge in [-0.2, -0.15) is 0 Å². The van der Waals surface area contributed by atoms with E-state index >= 15 is 0 Å². The number of thiocarbonyl (C=S) groups is 1. The Balaban J connectivity index is 1.87. The molecule has 3 rings (SSSR count). The number of hydrogen-bond acceptors (Lipinski definition) is 5. The van der Waals surface area contributed by atoms with Crippen LogP contribution in [0.5, 0.6) is 0 Å². The average Bonchev–Trinajstić information content (AvgIpc) is 3.12. The van der Waals surface area contributed by atoms with Crippen molar-refractivity contribution in [2.75, 3.05) is 6.54 Å². The molecule has 1 fully saturated rings. The van der Waals surface area contributed by atoms with Gasteiger partial charge in [0, 0.05) is 21.2 Å². The predicted molar refractivity (Wildman–Crippen MR) is 93.2 cm³/mol. The molecule has 0 N–H and O–H groups in total. The Morgan fingerprint density at radius 1 is 1.30 bits per heavy atom. The lowest BCUT2D eigenvalue weighted by molar-refractivity contribution is -0.121. The van der Waals surface area contributed by atoms with Gasteiger partial charge in [0.15, 0.2) is 0 Å². The molecule has 0 aromatic carbocycles. The van der Waals surface area contributed by atoms with Crippen LogP contribution in [0.2, 0.25) is 0 Å². The number of hydrogen-bond donors (Lipinski definition) is 0. The SMILES string of the molecule is CCN1C(=O)/C(=C/c2ccc(-c3cccs3)s2)SC1=S. The highest BCUT2D eigenvalue weighted by atomic mass is 32.2. The molecule has 20 heavy (non-hydrogen) atoms. The first-order valence-corrected chi connectivity index (χ1v) is 9.00. The molecule has 0 saturated carbocycles. The van der Waals surface area contributed by atoms with E-state index in [1.807, 2.05) is 19.1 Å². The summed E-state index contributed by atoms with van der Waals surface area (Å²) in [5.41, 5.74) is 0. The molecule has 1 saturated heterocycles. The van der Waals surface area contributed by atoms with E-state index in [0.717, 1.165) is 9.78 Å². The van der Waals surface area contributed by atoms with E-state index in [9.17, 15) is 4.79 Å². The lowest BCUT2D eigenvalue weighted by Gasteiger charge is -2.09. The summed E-state index contributed by atoms with van der Waals surface area (Å²) in [6.45, 7) is 2.57. The van der Waals surface area contributed by atoms with Crippen LogP contribution in [-0.2, 0) is 4.79 Å². The number of nitrogens with zero attached hydrogens (tertiary/aromatic N) is 1. The molecule has 0 unspecified atom stereocenters. The Morgan fingerprint density at radius 2 is 2.15 bits per heavy atom. The van der Waals surface area contributed by atoms with Gasteiger partial charge in [-0.15, -0.1) is 22.7 Å². The van der Waals surface area contributed by atoms with E-state index in [1.165, 1.54) is 21.5 Å². The van der Waals surface area contributed by atoms with Crippen LogP contribution in [0.15, 0.2) is 34.6 Å². The van der Waals surface area contributed by atoms with Gasteiger partial charge in [-0.3, -0.25) is 9.69 Å². The summed E-state index contributed by atoms with van der Waals surface area (Å²) in [7, 11) is 0. The van der Waals surface area contributed by atoms with E-state index in [-0.39, 0.29) is 5.91 Å². The van der Waals surface area contributed by atoms with Gasteiger partial charge >= 0.3 is 0 Å². The van der Waals surface area contributed by atoms with Crippen LogP contribution in [0.3, 0.4) is 0 Å². The molecule has 0 atom stereocenters. The number of likely N-dealkylation sites (N-methyl/N-ethyl adjacent to an activating group) is 1. The molecule has 3 heterocycles. The highest BCUT2D eigenvalue weighted by Gasteiger charge is 2.30. The zero-order valence-electron chi connectivity index (χ0n) is 10.7. The van der Waals surface area contributed by atoms with Crippen molar-refractivity contribution in [2.24, 2.45) is 0 Å². The lowest BCUT2D eigenvalue weighted by Crippen LogP contribution is -2.27. The van der Waals surface area contributed by atoms with Crippen LogP contribution in [0.4, 0.5) is 0 Å². The molecule has 1 amide bonds. The Morgan fingerprint density at radius 3 is 2.80 bits per heavy atom. The number of carbonyl (C=O) groups is 1. The Labute approximate surface area is 135 Å². The van der Waals surface area contributed by atoms with Crippen molar-refractivity contribution in [2.45, 2.75) is 6.92 Å². The first-order valence-electron chi connectivity index (χ1n) is 6.08. The van der Waals surface area contributed by atoms with E-state index in [2.05, 4.69) is 23.6 Å². The zero-order valence-corrected chi connectivity index (χ0v) is 13.9. The highest BCUT2D eigenvalue weighted by Crippen LogP contribution is 2.36. The third-order valence-electron chi connectivity index (χ3n) is 2.85. The van der Waals surface area contributed by atoms with Crippen molar-refractivity contribution in [3.05, 3.63) is 39.4 Å². The van der Waals surface area contributed by atoms with Gasteiger partial charge in [0.05, 0.1) is 4.91 Å². The Hall–Kier alpha value is -0.950. The topological polar surface area (TPSA) is 20.3 Å². The van der Waals surface area contributed by atoms with Gasteiger partial charge < -0.3 is 0 Å². The second-order valence-electron chi connectivity index (χ2n) is 4.11. The zero-order chi connectivity index (χ0) is 14.1. The summed E-state index contributed by atoms with van der Waals surface area (Å²) in [5.74, 6) is 0.0218. The first-order chi connectivity index (χ1) is 9.69. The maximum Gasteiger partial charge on any atom is 0.266 e. The average molecular weight is 338 g/mol. The van der Waals surface area contributed by atoms with Crippen molar-refractivity contribution in [1.29, 1.82) is 0 Å². The molecule has 2 aromatic rings. The quantitative estimate of drug-likeness (QED) is 0.598. The summed E-state index contributed by atoms with van der Waals surface area (Å²) < 4.78 is 0.652. The third kappa shape index (κ3) is 2.61. The summed E-state index contributed by atoms with van der Waals surface area (Å²) in [6.07, 6.45) is 1.94. The second kappa shape index (κ2) is 5.81. The van der Waals surface area contributed by atoms with Crippen LogP contribution in [0.25, 0.3) is 15.8 Å². The molecule has 2 aromatic heterocycles. The molecule has 0 spiro atoms. The minimum Gasteiger partial charge on any atom is -0.293 e. The molecule has 2 nitrogen and oxygen atoms in total. The first kappa shape index (κ1) is 14.0. The van der Waals surface area contributed by atoms with E-state index in [0.29, 0.717) is 10.9 Å². The molecule has 1 aliphatic rings. The van der Waals surface area contributed by atoms with Gasteiger partial charge in [-0.25, -0.2) is 0 Å². The Kier molecular flexibility index (Phi) is 4.07. The predicted octanol–water partition coefficient (Wildman–Crippen LogP) is 4.70. The summed E-state index contributed by atoms with van der Waals surface area (Å²) in [6, 6.07) is 8.31. The summed E-state index contributed by atoms with van der Waals surface area (Å²) >= 11 is 10.0.